The molecule has 0 aromatic heterocycles. The third kappa shape index (κ3) is 4.53. The molecular weight excluding hydrogens is 556 g/mol. The van der Waals surface area contributed by atoms with Gasteiger partial charge in [-0.05, 0) is 70.6 Å². The highest BCUT2D eigenvalue weighted by atomic mass is 127. The summed E-state index contributed by atoms with van der Waals surface area (Å²) in [5.74, 6) is -2.72. The Morgan fingerprint density at radius 1 is 1.03 bits per heavy atom. The molecule has 2 unspecified atom stereocenters. The van der Waals surface area contributed by atoms with Gasteiger partial charge >= 0.3 is 12.0 Å². The van der Waals surface area contributed by atoms with E-state index in [0.29, 0.717) is 5.69 Å². The third-order valence-corrected chi connectivity index (χ3v) is 6.85. The second-order valence-corrected chi connectivity index (χ2v) is 8.92. The highest BCUT2D eigenvalue weighted by Gasteiger charge is 2.40. The Morgan fingerprint density at radius 3 is 2.29 bits per heavy atom. The van der Waals surface area contributed by atoms with E-state index in [0.717, 1.165) is 14.8 Å². The molecule has 2 atom stereocenters. The Kier molecular flexibility index (Phi) is 6.42. The average molecular weight is 575 g/mol. The number of carbonyl (C=O) groups is 3. The van der Waals surface area contributed by atoms with Crippen LogP contribution >= 0.6 is 22.6 Å². The van der Waals surface area contributed by atoms with Gasteiger partial charge in [-0.2, -0.15) is 0 Å². The first-order chi connectivity index (χ1) is 16.2. The van der Waals surface area contributed by atoms with Gasteiger partial charge in [0.1, 0.15) is 11.6 Å². The Bertz CT molecular complexity index is 1270. The molecule has 1 aliphatic heterocycles. The number of rotatable bonds is 4. The maximum absolute atomic E-state index is 13.0. The minimum absolute atomic E-state index is 0.129. The molecule has 4 N–H and O–H groups in total. The number of nitrogens with zero attached hydrogens (tertiary/aromatic N) is 1. The number of imide groups is 1. The standard InChI is InChI=1S/C24H19FIN3O5/c1-29-18-11-19(30)17(23(32)33)10-16(18)20(26)21(29)12-2-4-13(5-3-12)22(31)28-24(34)27-15-8-6-14(25)7-9-15/h2-11,16,18,30H,1H3,(H,32,33)(H2,27,28,31,34). The highest BCUT2D eigenvalue weighted by Crippen LogP contribution is 2.46. The monoisotopic (exact) mass is 575 g/mol. The molecule has 0 radical (unpaired) electrons. The number of hydrogen-bond acceptors (Lipinski definition) is 5. The molecule has 4 rings (SSSR count). The van der Waals surface area contributed by atoms with Crippen molar-refractivity contribution in [1.82, 2.24) is 10.2 Å². The van der Waals surface area contributed by atoms with E-state index < -0.39 is 23.7 Å². The van der Waals surface area contributed by atoms with Gasteiger partial charge in [-0.25, -0.2) is 14.0 Å². The van der Waals surface area contributed by atoms with Crippen molar-refractivity contribution in [3.8, 4) is 0 Å². The Labute approximate surface area is 207 Å². The van der Waals surface area contributed by atoms with Crippen LogP contribution in [0.15, 0.2) is 75.6 Å². The van der Waals surface area contributed by atoms with Gasteiger partial charge in [0.05, 0.1) is 17.3 Å². The molecule has 0 spiro atoms. The topological polar surface area (TPSA) is 119 Å². The lowest BCUT2D eigenvalue weighted by Crippen LogP contribution is -2.34. The Hall–Kier alpha value is -3.67. The number of likely N-dealkylation sites (N-methyl/N-ethyl adjacent to an activating group) is 1. The molecule has 2 aromatic rings. The summed E-state index contributed by atoms with van der Waals surface area (Å²) in [5.41, 5.74) is 2.12. The first kappa shape index (κ1) is 23.5. The molecule has 10 heteroatoms. The zero-order chi connectivity index (χ0) is 24.6. The lowest BCUT2D eigenvalue weighted by Gasteiger charge is -2.28. The van der Waals surface area contributed by atoms with Crippen molar-refractivity contribution >= 4 is 51.9 Å². The molecule has 174 valence electrons. The van der Waals surface area contributed by atoms with Crippen LogP contribution in [0.5, 0.6) is 0 Å². The van der Waals surface area contributed by atoms with Crippen molar-refractivity contribution in [2.75, 3.05) is 12.4 Å². The molecule has 3 amide bonds. The molecule has 2 aromatic carbocycles. The number of amides is 3. The van der Waals surface area contributed by atoms with Crippen LogP contribution in [-0.4, -0.2) is 46.1 Å². The average Bonchev–Trinajstić information content (AvgIpc) is 3.03. The van der Waals surface area contributed by atoms with Crippen molar-refractivity contribution in [2.24, 2.45) is 5.92 Å². The predicted molar refractivity (Wildman–Crippen MR) is 132 cm³/mol. The molecule has 34 heavy (non-hydrogen) atoms. The first-order valence-electron chi connectivity index (χ1n) is 10.1. The quantitative estimate of drug-likeness (QED) is 0.404. The number of carboxylic acid groups (broad SMARTS) is 1. The third-order valence-electron chi connectivity index (χ3n) is 5.62. The SMILES string of the molecule is CN1C(c2ccc(C(=O)NC(=O)Nc3ccc(F)cc3)cc2)=C(I)C2C=C(C(=O)O)C(O)=CC21. The van der Waals surface area contributed by atoms with Gasteiger partial charge in [-0.3, -0.25) is 10.1 Å². The Morgan fingerprint density at radius 2 is 1.68 bits per heavy atom. The van der Waals surface area contributed by atoms with Gasteiger partial charge in [0.15, 0.2) is 0 Å². The molecule has 0 bridgehead atoms. The lowest BCUT2D eigenvalue weighted by molar-refractivity contribution is -0.132. The van der Waals surface area contributed by atoms with E-state index in [1.165, 1.54) is 30.3 Å². The van der Waals surface area contributed by atoms with E-state index in [-0.39, 0.29) is 28.9 Å². The second-order valence-electron chi connectivity index (χ2n) is 7.75. The number of urea groups is 1. The van der Waals surface area contributed by atoms with Crippen LogP contribution in [0.3, 0.4) is 0 Å². The molecule has 0 saturated carbocycles. The minimum atomic E-state index is -1.19. The summed E-state index contributed by atoms with van der Waals surface area (Å²) < 4.78 is 13.9. The van der Waals surface area contributed by atoms with Gasteiger partial charge in [0.2, 0.25) is 0 Å². The number of fused-ring (bicyclic) bond motifs is 1. The number of benzene rings is 2. The number of carboxylic acids is 1. The summed E-state index contributed by atoms with van der Waals surface area (Å²) >= 11 is 2.17. The van der Waals surface area contributed by atoms with Crippen LogP contribution in [-0.2, 0) is 4.79 Å². The summed E-state index contributed by atoms with van der Waals surface area (Å²) in [7, 11) is 1.85. The smallest absolute Gasteiger partial charge is 0.339 e. The van der Waals surface area contributed by atoms with E-state index >= 15 is 0 Å². The Balaban J connectivity index is 1.49. The molecule has 1 heterocycles. The van der Waals surface area contributed by atoms with Crippen LogP contribution in [0.25, 0.3) is 5.70 Å². The first-order valence-corrected chi connectivity index (χ1v) is 11.2. The molecule has 0 saturated heterocycles. The summed E-state index contributed by atoms with van der Waals surface area (Å²) in [4.78, 5) is 37.9. The molecule has 2 aliphatic rings. The largest absolute Gasteiger partial charge is 0.507 e. The highest BCUT2D eigenvalue weighted by molar-refractivity contribution is 14.1. The van der Waals surface area contributed by atoms with E-state index in [4.69, 9.17) is 0 Å². The maximum atomic E-state index is 13.0. The van der Waals surface area contributed by atoms with E-state index in [9.17, 15) is 29.0 Å². The van der Waals surface area contributed by atoms with Gasteiger partial charge in [-0.15, -0.1) is 0 Å². The van der Waals surface area contributed by atoms with Crippen molar-refractivity contribution in [3.63, 3.8) is 0 Å². The van der Waals surface area contributed by atoms with Crippen LogP contribution in [0, 0.1) is 11.7 Å². The number of aliphatic hydroxyl groups excluding tert-OH is 1. The maximum Gasteiger partial charge on any atom is 0.339 e. The fourth-order valence-electron chi connectivity index (χ4n) is 3.94. The summed E-state index contributed by atoms with van der Waals surface area (Å²) in [5, 5.41) is 24.1. The van der Waals surface area contributed by atoms with Crippen molar-refractivity contribution in [2.45, 2.75) is 6.04 Å². The van der Waals surface area contributed by atoms with Gasteiger partial charge in [0.25, 0.3) is 5.91 Å². The molecular formula is C24H19FIN3O5. The van der Waals surface area contributed by atoms with Gasteiger partial charge < -0.3 is 20.4 Å². The van der Waals surface area contributed by atoms with E-state index in [1.54, 1.807) is 30.3 Å². The van der Waals surface area contributed by atoms with E-state index in [1.807, 2.05) is 11.9 Å². The number of aliphatic hydroxyl groups is 1. The number of aliphatic carboxylic acids is 1. The fraction of sp³-hybridized carbons (Fsp3) is 0.125. The summed E-state index contributed by atoms with van der Waals surface area (Å²) in [6, 6.07) is 10.8. The summed E-state index contributed by atoms with van der Waals surface area (Å²) in [6.45, 7) is 0. The van der Waals surface area contributed by atoms with Crippen LogP contribution in [0.2, 0.25) is 0 Å². The number of carbonyl (C=O) groups excluding carboxylic acids is 2. The van der Waals surface area contributed by atoms with E-state index in [2.05, 4.69) is 33.2 Å². The molecule has 1 aliphatic carbocycles. The molecule has 8 nitrogen and oxygen atoms in total. The number of halogens is 2. The van der Waals surface area contributed by atoms with Crippen molar-refractivity contribution in [3.05, 3.63) is 92.5 Å². The lowest BCUT2D eigenvalue weighted by atomic mass is 9.91. The van der Waals surface area contributed by atoms with Crippen LogP contribution in [0.1, 0.15) is 15.9 Å². The van der Waals surface area contributed by atoms with Crippen LogP contribution in [0.4, 0.5) is 14.9 Å². The zero-order valence-corrected chi connectivity index (χ0v) is 19.9. The molecule has 0 fully saturated rings. The van der Waals surface area contributed by atoms with Gasteiger partial charge in [-0.1, -0.05) is 18.2 Å². The zero-order valence-electron chi connectivity index (χ0n) is 17.8. The second kappa shape index (κ2) is 9.29. The normalized spacial score (nSPS) is 19.2. The predicted octanol–water partition coefficient (Wildman–Crippen LogP) is 4.29. The van der Waals surface area contributed by atoms with Gasteiger partial charge in [0, 0.05) is 27.8 Å². The number of anilines is 1. The van der Waals surface area contributed by atoms with Crippen LogP contribution < -0.4 is 10.6 Å². The number of hydrogen-bond donors (Lipinski definition) is 4. The van der Waals surface area contributed by atoms with Crippen molar-refractivity contribution < 1.29 is 29.0 Å². The fourth-order valence-corrected chi connectivity index (χ4v) is 5.18. The number of nitrogens with one attached hydrogen (secondary N) is 2. The summed E-state index contributed by atoms with van der Waals surface area (Å²) in [6.07, 6.45) is 3.08. The van der Waals surface area contributed by atoms with Crippen molar-refractivity contribution in [1.29, 1.82) is 0 Å². The minimum Gasteiger partial charge on any atom is -0.507 e.